The van der Waals surface area contributed by atoms with Crippen LogP contribution in [-0.2, 0) is 19.0 Å². The number of methoxy groups -OCH3 is 1. The molecule has 0 unspecified atom stereocenters. The molecule has 0 N–H and O–H groups in total. The molecule has 1 fully saturated rings. The van der Waals surface area contributed by atoms with Crippen LogP contribution in [0.4, 0.5) is 10.5 Å². The van der Waals surface area contributed by atoms with Crippen LogP contribution in [0.1, 0.15) is 0 Å². The van der Waals surface area contributed by atoms with E-state index in [4.69, 9.17) is 23.1 Å². The first-order chi connectivity index (χ1) is 13.3. The van der Waals surface area contributed by atoms with Crippen molar-refractivity contribution in [3.05, 3.63) is 36.4 Å². The van der Waals surface area contributed by atoms with E-state index in [2.05, 4.69) is 0 Å². The molecule has 4 rings (SSSR count). The average molecular weight is 407 g/mol. The minimum Gasteiger partial charge on any atom is -0.493 e. The van der Waals surface area contributed by atoms with Gasteiger partial charge in [-0.15, -0.1) is 0 Å². The molecule has 1 amide bonds. The van der Waals surface area contributed by atoms with Crippen molar-refractivity contribution in [2.24, 2.45) is 0 Å². The monoisotopic (exact) mass is 407 g/mol. The molecule has 1 saturated heterocycles. The molecule has 148 valence electrons. The zero-order valence-corrected chi connectivity index (χ0v) is 15.9. The average Bonchev–Trinajstić information content (AvgIpc) is 3.04. The molecular weight excluding hydrogens is 390 g/mol. The van der Waals surface area contributed by atoms with Crippen LogP contribution in [0.2, 0.25) is 0 Å². The molecule has 9 nitrogen and oxygen atoms in total. The van der Waals surface area contributed by atoms with Gasteiger partial charge in [-0.05, 0) is 24.3 Å². The molecule has 0 bridgehead atoms. The Balaban J connectivity index is 1.53. The van der Waals surface area contributed by atoms with Crippen LogP contribution >= 0.6 is 0 Å². The first-order valence-corrected chi connectivity index (χ1v) is 10.1. The number of carbonyl (C=O) groups excluding carboxylic acids is 1. The highest BCUT2D eigenvalue weighted by atomic mass is 32.2. The lowest BCUT2D eigenvalue weighted by molar-refractivity contribution is 0.107. The third-order valence-electron chi connectivity index (χ3n) is 4.18. The summed E-state index contributed by atoms with van der Waals surface area (Å²) in [6.45, 7) is -0.0861. The molecule has 0 saturated carbocycles. The second-order valence-corrected chi connectivity index (χ2v) is 7.87. The number of carbonyl (C=O) groups is 1. The van der Waals surface area contributed by atoms with E-state index in [0.29, 0.717) is 34.4 Å². The summed E-state index contributed by atoms with van der Waals surface area (Å²) in [4.78, 5) is 13.5. The molecular formula is C18H17NO8S. The second kappa shape index (κ2) is 6.88. The number of benzene rings is 2. The molecule has 28 heavy (non-hydrogen) atoms. The topological polar surface area (TPSA) is 101 Å². The van der Waals surface area contributed by atoms with Crippen LogP contribution in [0, 0.1) is 0 Å². The smallest absolute Gasteiger partial charge is 0.414 e. The Bertz CT molecular complexity index is 1040. The molecule has 0 aliphatic carbocycles. The highest BCUT2D eigenvalue weighted by Gasteiger charge is 2.34. The maximum atomic E-state index is 12.2. The van der Waals surface area contributed by atoms with Gasteiger partial charge < -0.3 is 18.9 Å². The van der Waals surface area contributed by atoms with Gasteiger partial charge in [-0.2, -0.15) is 8.42 Å². The predicted octanol–water partition coefficient (Wildman–Crippen LogP) is 2.89. The van der Waals surface area contributed by atoms with E-state index < -0.39 is 22.3 Å². The summed E-state index contributed by atoms with van der Waals surface area (Å²) in [5.41, 5.74) is 0.528. The summed E-state index contributed by atoms with van der Waals surface area (Å²) in [7, 11) is -2.07. The maximum absolute atomic E-state index is 12.2. The fraction of sp³-hybridized carbons (Fsp3) is 0.278. The van der Waals surface area contributed by atoms with Gasteiger partial charge in [0.15, 0.2) is 23.0 Å². The van der Waals surface area contributed by atoms with E-state index in [1.807, 2.05) is 0 Å². The molecule has 1 atom stereocenters. The fourth-order valence-electron chi connectivity index (χ4n) is 2.91. The Morgan fingerprint density at radius 3 is 2.71 bits per heavy atom. The Labute approximate surface area is 161 Å². The molecule has 2 heterocycles. The summed E-state index contributed by atoms with van der Waals surface area (Å²) in [6.07, 6.45) is -0.351. The van der Waals surface area contributed by atoms with Crippen LogP contribution in [0.15, 0.2) is 36.4 Å². The van der Waals surface area contributed by atoms with E-state index in [0.717, 1.165) is 6.26 Å². The lowest BCUT2D eigenvalue weighted by Gasteiger charge is -2.23. The van der Waals surface area contributed by atoms with Crippen molar-refractivity contribution in [3.63, 3.8) is 0 Å². The van der Waals surface area contributed by atoms with E-state index >= 15 is 0 Å². The fourth-order valence-corrected chi connectivity index (χ4v) is 3.31. The summed E-state index contributed by atoms with van der Waals surface area (Å²) in [5.74, 6) is 2.42. The summed E-state index contributed by atoms with van der Waals surface area (Å²) in [5, 5.41) is 0. The van der Waals surface area contributed by atoms with Gasteiger partial charge in [0, 0.05) is 6.07 Å². The number of nitrogens with zero attached hydrogens (tertiary/aromatic N) is 1. The van der Waals surface area contributed by atoms with Crippen molar-refractivity contribution in [2.45, 2.75) is 6.10 Å². The molecule has 10 heteroatoms. The standard InChI is InChI=1S/C18H17NO8S/c1-23-14-4-3-5-15-17(14)27-13-7-6-11(8-16(13)26-15)19-9-12(25-18(19)20)10-24-28(2,21)22/h3-8,12H,9-10H2,1-2H3/t12-/m1/s1. The van der Waals surface area contributed by atoms with Crippen LogP contribution < -0.4 is 19.1 Å². The van der Waals surface area contributed by atoms with Crippen LogP contribution in [-0.4, -0.2) is 47.1 Å². The predicted molar refractivity (Wildman–Crippen MR) is 98.0 cm³/mol. The third kappa shape index (κ3) is 3.56. The van der Waals surface area contributed by atoms with E-state index in [1.165, 1.54) is 4.90 Å². The van der Waals surface area contributed by atoms with Crippen molar-refractivity contribution in [1.82, 2.24) is 0 Å². The summed E-state index contributed by atoms with van der Waals surface area (Å²) in [6, 6.07) is 10.3. The largest absolute Gasteiger partial charge is 0.493 e. The Morgan fingerprint density at radius 2 is 1.96 bits per heavy atom. The van der Waals surface area contributed by atoms with Gasteiger partial charge in [-0.3, -0.25) is 9.08 Å². The zero-order chi connectivity index (χ0) is 19.9. The molecule has 2 aliphatic rings. The third-order valence-corrected chi connectivity index (χ3v) is 4.74. The van der Waals surface area contributed by atoms with Gasteiger partial charge in [0.25, 0.3) is 10.1 Å². The highest BCUT2D eigenvalue weighted by molar-refractivity contribution is 7.85. The number of fused-ring (bicyclic) bond motifs is 2. The molecule has 0 aromatic heterocycles. The summed E-state index contributed by atoms with van der Waals surface area (Å²) < 4.78 is 49.1. The maximum Gasteiger partial charge on any atom is 0.414 e. The number of hydrogen-bond donors (Lipinski definition) is 0. The van der Waals surface area contributed by atoms with Gasteiger partial charge in [0.2, 0.25) is 5.75 Å². The number of para-hydroxylation sites is 1. The quantitative estimate of drug-likeness (QED) is 0.595. The number of ether oxygens (including phenoxy) is 4. The number of amides is 1. The second-order valence-electron chi connectivity index (χ2n) is 6.23. The van der Waals surface area contributed by atoms with E-state index in [1.54, 1.807) is 43.5 Å². The number of anilines is 1. The highest BCUT2D eigenvalue weighted by Crippen LogP contribution is 2.50. The first-order valence-electron chi connectivity index (χ1n) is 8.33. The molecule has 0 radical (unpaired) electrons. The van der Waals surface area contributed by atoms with E-state index in [9.17, 15) is 13.2 Å². The van der Waals surface area contributed by atoms with Crippen molar-refractivity contribution < 1.29 is 36.3 Å². The number of rotatable bonds is 5. The van der Waals surface area contributed by atoms with Gasteiger partial charge in [0.1, 0.15) is 12.7 Å². The molecule has 2 aromatic carbocycles. The lowest BCUT2D eigenvalue weighted by Crippen LogP contribution is -2.26. The van der Waals surface area contributed by atoms with Crippen molar-refractivity contribution in [1.29, 1.82) is 0 Å². The van der Waals surface area contributed by atoms with E-state index in [-0.39, 0.29) is 13.2 Å². The van der Waals surface area contributed by atoms with Crippen molar-refractivity contribution in [3.8, 4) is 28.7 Å². The van der Waals surface area contributed by atoms with Gasteiger partial charge >= 0.3 is 6.09 Å². The van der Waals surface area contributed by atoms with Crippen LogP contribution in [0.25, 0.3) is 0 Å². The normalized spacial score (nSPS) is 17.9. The van der Waals surface area contributed by atoms with Crippen molar-refractivity contribution >= 4 is 21.9 Å². The lowest BCUT2D eigenvalue weighted by atomic mass is 10.2. The number of cyclic esters (lactones) is 1. The SMILES string of the molecule is COc1cccc2c1Oc1ccc(N3C[C@H](COS(C)(=O)=O)OC3=O)cc1O2. The minimum absolute atomic E-state index is 0.151. The molecule has 2 aromatic rings. The number of hydrogen-bond acceptors (Lipinski definition) is 8. The van der Waals surface area contributed by atoms with Crippen molar-refractivity contribution in [2.75, 3.05) is 31.4 Å². The van der Waals surface area contributed by atoms with Gasteiger partial charge in [-0.25, -0.2) is 4.79 Å². The Hall–Kier alpha value is -2.98. The first kappa shape index (κ1) is 18.4. The zero-order valence-electron chi connectivity index (χ0n) is 15.1. The summed E-state index contributed by atoms with van der Waals surface area (Å²) >= 11 is 0. The Kier molecular flexibility index (Phi) is 4.52. The Morgan fingerprint density at radius 1 is 1.14 bits per heavy atom. The minimum atomic E-state index is -3.61. The molecule has 2 aliphatic heterocycles. The van der Waals surface area contributed by atoms with Gasteiger partial charge in [0.05, 0.1) is 25.6 Å². The molecule has 0 spiro atoms. The van der Waals surface area contributed by atoms with Gasteiger partial charge in [-0.1, -0.05) is 6.07 Å². The van der Waals surface area contributed by atoms with Crippen LogP contribution in [0.3, 0.4) is 0 Å². The van der Waals surface area contributed by atoms with Crippen LogP contribution in [0.5, 0.6) is 28.7 Å².